The van der Waals surface area contributed by atoms with Crippen LogP contribution in [0.5, 0.6) is 0 Å². The first-order valence-electron chi connectivity index (χ1n) is 8.12. The lowest BCUT2D eigenvalue weighted by atomic mass is 10.0. The van der Waals surface area contributed by atoms with E-state index in [-0.39, 0.29) is 23.2 Å². The second kappa shape index (κ2) is 9.98. The zero-order valence-corrected chi connectivity index (χ0v) is 15.5. The fourth-order valence-electron chi connectivity index (χ4n) is 2.75. The standard InChI is InChI=1S/C16H25N3O3S.ClH/c1-2-17-11-12-18-16(20)15-10-6-7-13-19(15)23(21,22)14-8-4-3-5-9-14;/h3-5,8-9,15,17H,2,6-7,10-13H2,1H3,(H,18,20);1H. The van der Waals surface area contributed by atoms with E-state index in [1.807, 2.05) is 6.92 Å². The van der Waals surface area contributed by atoms with Gasteiger partial charge in [-0.15, -0.1) is 12.4 Å². The van der Waals surface area contributed by atoms with Gasteiger partial charge in [0.25, 0.3) is 0 Å². The van der Waals surface area contributed by atoms with Crippen LogP contribution in [0.25, 0.3) is 0 Å². The Kier molecular flexibility index (Phi) is 8.69. The summed E-state index contributed by atoms with van der Waals surface area (Å²) in [6.45, 7) is 4.41. The van der Waals surface area contributed by atoms with E-state index in [0.717, 1.165) is 19.4 Å². The van der Waals surface area contributed by atoms with Crippen molar-refractivity contribution in [2.75, 3.05) is 26.2 Å². The van der Waals surface area contributed by atoms with Crippen LogP contribution in [0.15, 0.2) is 35.2 Å². The lowest BCUT2D eigenvalue weighted by Gasteiger charge is -2.33. The van der Waals surface area contributed by atoms with Gasteiger partial charge in [-0.3, -0.25) is 4.79 Å². The molecule has 2 N–H and O–H groups in total. The monoisotopic (exact) mass is 375 g/mol. The maximum absolute atomic E-state index is 12.8. The molecule has 0 aliphatic carbocycles. The van der Waals surface area contributed by atoms with Gasteiger partial charge in [0.2, 0.25) is 15.9 Å². The van der Waals surface area contributed by atoms with E-state index < -0.39 is 16.1 Å². The van der Waals surface area contributed by atoms with E-state index in [2.05, 4.69) is 10.6 Å². The Bertz CT molecular complexity index is 610. The van der Waals surface area contributed by atoms with Gasteiger partial charge < -0.3 is 10.6 Å². The van der Waals surface area contributed by atoms with Gasteiger partial charge in [-0.2, -0.15) is 4.31 Å². The van der Waals surface area contributed by atoms with Crippen LogP contribution < -0.4 is 10.6 Å². The van der Waals surface area contributed by atoms with Gasteiger partial charge in [0.1, 0.15) is 6.04 Å². The van der Waals surface area contributed by atoms with Crippen LogP contribution >= 0.6 is 12.4 Å². The molecule has 0 saturated carbocycles. The summed E-state index contributed by atoms with van der Waals surface area (Å²) in [6.07, 6.45) is 2.22. The van der Waals surface area contributed by atoms with Crippen LogP contribution in [-0.4, -0.2) is 50.9 Å². The molecular weight excluding hydrogens is 350 g/mol. The summed E-state index contributed by atoms with van der Waals surface area (Å²) in [5.41, 5.74) is 0. The molecule has 0 bridgehead atoms. The first-order valence-corrected chi connectivity index (χ1v) is 9.56. The highest BCUT2D eigenvalue weighted by molar-refractivity contribution is 7.89. The Morgan fingerprint density at radius 3 is 2.58 bits per heavy atom. The number of hydrogen-bond donors (Lipinski definition) is 2. The third kappa shape index (κ3) is 5.17. The van der Waals surface area contributed by atoms with Gasteiger partial charge in [0, 0.05) is 19.6 Å². The number of carbonyl (C=O) groups is 1. The average Bonchev–Trinajstić information content (AvgIpc) is 2.59. The second-order valence-electron chi connectivity index (χ2n) is 5.58. The maximum Gasteiger partial charge on any atom is 0.243 e. The fourth-order valence-corrected chi connectivity index (χ4v) is 4.43. The SMILES string of the molecule is CCNCCNC(=O)C1CCCCN1S(=O)(=O)c1ccccc1.Cl. The van der Waals surface area contributed by atoms with Crippen molar-refractivity contribution in [1.82, 2.24) is 14.9 Å². The Labute approximate surface area is 150 Å². The number of sulfonamides is 1. The summed E-state index contributed by atoms with van der Waals surface area (Å²) in [7, 11) is -3.63. The molecule has 1 aliphatic rings. The summed E-state index contributed by atoms with van der Waals surface area (Å²) in [5.74, 6) is -0.206. The Morgan fingerprint density at radius 1 is 1.21 bits per heavy atom. The summed E-state index contributed by atoms with van der Waals surface area (Å²) in [4.78, 5) is 12.6. The number of likely N-dealkylation sites (N-methyl/N-ethyl adjacent to an activating group) is 1. The first-order chi connectivity index (χ1) is 11.1. The first kappa shape index (κ1) is 20.9. The van der Waals surface area contributed by atoms with Gasteiger partial charge in [0.05, 0.1) is 4.90 Å². The topological polar surface area (TPSA) is 78.5 Å². The summed E-state index contributed by atoms with van der Waals surface area (Å²) < 4.78 is 27.0. The van der Waals surface area contributed by atoms with Crippen LogP contribution in [0.2, 0.25) is 0 Å². The van der Waals surface area contributed by atoms with Crippen LogP contribution in [-0.2, 0) is 14.8 Å². The highest BCUT2D eigenvalue weighted by atomic mass is 35.5. The quantitative estimate of drug-likeness (QED) is 0.706. The van der Waals surface area contributed by atoms with Crippen molar-refractivity contribution in [2.24, 2.45) is 0 Å². The van der Waals surface area contributed by atoms with E-state index in [1.165, 1.54) is 4.31 Å². The molecule has 0 spiro atoms. The molecule has 0 radical (unpaired) electrons. The molecule has 8 heteroatoms. The minimum Gasteiger partial charge on any atom is -0.353 e. The number of hydrogen-bond acceptors (Lipinski definition) is 4. The fraction of sp³-hybridized carbons (Fsp3) is 0.562. The molecule has 1 unspecified atom stereocenters. The summed E-state index contributed by atoms with van der Waals surface area (Å²) in [6, 6.07) is 7.70. The number of nitrogens with zero attached hydrogens (tertiary/aromatic N) is 1. The highest BCUT2D eigenvalue weighted by Crippen LogP contribution is 2.25. The number of carbonyl (C=O) groups excluding carboxylic acids is 1. The predicted octanol–water partition coefficient (Wildman–Crippen LogP) is 1.38. The van der Waals surface area contributed by atoms with Crippen molar-refractivity contribution >= 4 is 28.3 Å². The largest absolute Gasteiger partial charge is 0.353 e. The third-order valence-corrected chi connectivity index (χ3v) is 5.88. The molecule has 24 heavy (non-hydrogen) atoms. The van der Waals surface area contributed by atoms with Crippen LogP contribution in [0.1, 0.15) is 26.2 Å². The number of nitrogens with one attached hydrogen (secondary N) is 2. The summed E-state index contributed by atoms with van der Waals surface area (Å²) >= 11 is 0. The molecular formula is C16H26ClN3O3S. The Balaban J connectivity index is 0.00000288. The minimum absolute atomic E-state index is 0. The van der Waals surface area contributed by atoms with Crippen molar-refractivity contribution in [2.45, 2.75) is 37.1 Å². The number of amides is 1. The van der Waals surface area contributed by atoms with Crippen LogP contribution in [0.3, 0.4) is 0 Å². The Hall–Kier alpha value is -1.15. The van der Waals surface area contributed by atoms with Gasteiger partial charge in [0.15, 0.2) is 0 Å². The molecule has 1 fully saturated rings. The zero-order valence-electron chi connectivity index (χ0n) is 13.9. The van der Waals surface area contributed by atoms with E-state index in [0.29, 0.717) is 26.1 Å². The smallest absolute Gasteiger partial charge is 0.243 e. The molecule has 1 saturated heterocycles. The highest BCUT2D eigenvalue weighted by Gasteiger charge is 2.37. The molecule has 136 valence electrons. The number of benzene rings is 1. The molecule has 1 aromatic carbocycles. The molecule has 1 aromatic rings. The van der Waals surface area contributed by atoms with Crippen LogP contribution in [0.4, 0.5) is 0 Å². The molecule has 1 heterocycles. The number of rotatable bonds is 7. The molecule has 0 aromatic heterocycles. The molecule has 1 aliphatic heterocycles. The summed E-state index contributed by atoms with van der Waals surface area (Å²) in [5, 5.41) is 5.96. The van der Waals surface area contributed by atoms with Crippen molar-refractivity contribution in [1.29, 1.82) is 0 Å². The van der Waals surface area contributed by atoms with Gasteiger partial charge in [-0.05, 0) is 31.5 Å². The maximum atomic E-state index is 12.8. The van der Waals surface area contributed by atoms with Gasteiger partial charge in [-0.25, -0.2) is 8.42 Å². The van der Waals surface area contributed by atoms with Crippen LogP contribution in [0, 0.1) is 0 Å². The average molecular weight is 376 g/mol. The van der Waals surface area contributed by atoms with Gasteiger partial charge >= 0.3 is 0 Å². The molecule has 2 rings (SSSR count). The molecule has 1 amide bonds. The zero-order chi connectivity index (χ0) is 16.7. The normalized spacial score (nSPS) is 18.6. The van der Waals surface area contributed by atoms with Crippen molar-refractivity contribution < 1.29 is 13.2 Å². The lowest BCUT2D eigenvalue weighted by molar-refractivity contribution is -0.125. The minimum atomic E-state index is -3.63. The van der Waals surface area contributed by atoms with Crippen molar-refractivity contribution in [3.63, 3.8) is 0 Å². The van der Waals surface area contributed by atoms with E-state index in [1.54, 1.807) is 30.3 Å². The van der Waals surface area contributed by atoms with Crippen molar-refractivity contribution in [3.8, 4) is 0 Å². The van der Waals surface area contributed by atoms with Gasteiger partial charge in [-0.1, -0.05) is 31.5 Å². The Morgan fingerprint density at radius 2 is 1.92 bits per heavy atom. The van der Waals surface area contributed by atoms with E-state index in [4.69, 9.17) is 0 Å². The van der Waals surface area contributed by atoms with E-state index in [9.17, 15) is 13.2 Å². The number of halogens is 1. The number of piperidine rings is 1. The van der Waals surface area contributed by atoms with E-state index >= 15 is 0 Å². The van der Waals surface area contributed by atoms with Crippen molar-refractivity contribution in [3.05, 3.63) is 30.3 Å². The molecule has 1 atom stereocenters. The lowest BCUT2D eigenvalue weighted by Crippen LogP contribution is -2.52. The molecule has 6 nitrogen and oxygen atoms in total. The third-order valence-electron chi connectivity index (χ3n) is 3.96. The predicted molar refractivity (Wildman–Crippen MR) is 96.8 cm³/mol. The second-order valence-corrected chi connectivity index (χ2v) is 7.48.